The topological polar surface area (TPSA) is 80.2 Å². The normalized spacial score (nSPS) is 27.4. The van der Waals surface area contributed by atoms with Gasteiger partial charge >= 0.3 is 0 Å². The van der Waals surface area contributed by atoms with Gasteiger partial charge < -0.3 is 10.1 Å². The van der Waals surface area contributed by atoms with E-state index in [1.165, 1.54) is 6.07 Å². The third-order valence-electron chi connectivity index (χ3n) is 3.61. The van der Waals surface area contributed by atoms with Gasteiger partial charge in [-0.15, -0.1) is 10.2 Å². The molecule has 1 fully saturated rings. The molecule has 1 amide bonds. The molecule has 0 radical (unpaired) electrons. The first-order valence-corrected chi connectivity index (χ1v) is 7.70. The Kier molecular flexibility index (Phi) is 2.82. The van der Waals surface area contributed by atoms with Crippen LogP contribution in [0.1, 0.15) is 11.0 Å². The van der Waals surface area contributed by atoms with E-state index in [4.69, 9.17) is 11.0 Å². The molecule has 132 valence electrons. The van der Waals surface area contributed by atoms with Crippen LogP contribution >= 0.6 is 0 Å². The predicted octanol–water partition coefficient (Wildman–Crippen LogP) is 1.96. The standard InChI is InChI=1S/C19H19N5O2/c25-19(13-24-6-8-26-9-7-24)21-18-11-16-10-14(3-4-17(16)22-23-18)15-2-1-5-20-12-15/h1-5,10-12H,6-9,13H2,(H,21,23,25)/i6D2,7D2,8D2,9D2. The highest BCUT2D eigenvalue weighted by atomic mass is 16.5. The Balaban J connectivity index is 1.59. The molecule has 1 N–H and O–H groups in total. The maximum atomic E-state index is 12.7. The minimum Gasteiger partial charge on any atom is -0.379 e. The molecule has 1 aromatic carbocycles. The van der Waals surface area contributed by atoms with Gasteiger partial charge in [0.05, 0.1) is 30.7 Å². The number of benzene rings is 1. The molecule has 7 nitrogen and oxygen atoms in total. The number of anilines is 1. The Morgan fingerprint density at radius 2 is 2.08 bits per heavy atom. The van der Waals surface area contributed by atoms with Crippen molar-refractivity contribution in [2.24, 2.45) is 0 Å². The molecule has 1 aliphatic rings. The number of rotatable bonds is 4. The van der Waals surface area contributed by atoms with Crippen LogP contribution in [-0.2, 0) is 9.53 Å². The summed E-state index contributed by atoms with van der Waals surface area (Å²) in [5, 5.41) is 11.0. The van der Waals surface area contributed by atoms with Crippen LogP contribution in [0.25, 0.3) is 22.0 Å². The summed E-state index contributed by atoms with van der Waals surface area (Å²) in [5.41, 5.74) is 2.27. The Morgan fingerprint density at radius 1 is 1.19 bits per heavy atom. The number of aromatic nitrogens is 3. The van der Waals surface area contributed by atoms with Gasteiger partial charge in [-0.1, -0.05) is 12.1 Å². The average molecular weight is 357 g/mol. The van der Waals surface area contributed by atoms with Crippen molar-refractivity contribution < 1.29 is 20.5 Å². The summed E-state index contributed by atoms with van der Waals surface area (Å²) >= 11 is 0. The van der Waals surface area contributed by atoms with Crippen molar-refractivity contribution >= 4 is 22.6 Å². The van der Waals surface area contributed by atoms with Crippen molar-refractivity contribution in [3.63, 3.8) is 0 Å². The number of nitrogens with one attached hydrogen (secondary N) is 1. The number of hydrogen-bond donors (Lipinski definition) is 1. The third-order valence-corrected chi connectivity index (χ3v) is 3.61. The van der Waals surface area contributed by atoms with Crippen molar-refractivity contribution in [1.29, 1.82) is 0 Å². The largest absolute Gasteiger partial charge is 0.379 e. The highest BCUT2D eigenvalue weighted by Crippen LogP contribution is 2.23. The van der Waals surface area contributed by atoms with Crippen LogP contribution in [0.2, 0.25) is 0 Å². The van der Waals surface area contributed by atoms with Crippen molar-refractivity contribution in [1.82, 2.24) is 20.1 Å². The van der Waals surface area contributed by atoms with E-state index in [-0.39, 0.29) is 10.7 Å². The van der Waals surface area contributed by atoms with Gasteiger partial charge in [-0.3, -0.25) is 14.7 Å². The molecule has 26 heavy (non-hydrogen) atoms. The van der Waals surface area contributed by atoms with Crippen molar-refractivity contribution in [3.8, 4) is 11.1 Å². The summed E-state index contributed by atoms with van der Waals surface area (Å²) in [7, 11) is 0. The van der Waals surface area contributed by atoms with Crippen LogP contribution in [0.4, 0.5) is 5.82 Å². The van der Waals surface area contributed by atoms with Crippen LogP contribution < -0.4 is 5.32 Å². The molecule has 0 atom stereocenters. The Bertz CT molecular complexity index is 1220. The molecule has 3 aromatic rings. The first kappa shape index (κ1) is 9.70. The number of fused-ring (bicyclic) bond motifs is 1. The lowest BCUT2D eigenvalue weighted by atomic mass is 10.1. The van der Waals surface area contributed by atoms with Crippen molar-refractivity contribution in [2.75, 3.05) is 38.0 Å². The molecular formula is C19H19N5O2. The second-order valence-corrected chi connectivity index (χ2v) is 5.41. The highest BCUT2D eigenvalue weighted by molar-refractivity contribution is 5.93. The Morgan fingerprint density at radius 3 is 2.88 bits per heavy atom. The van der Waals surface area contributed by atoms with Gasteiger partial charge in [0.2, 0.25) is 5.91 Å². The zero-order chi connectivity index (χ0) is 24.9. The number of nitrogens with zero attached hydrogens (tertiary/aromatic N) is 4. The molecule has 0 saturated carbocycles. The van der Waals surface area contributed by atoms with Gasteiger partial charge in [-0.2, -0.15) is 0 Å². The lowest BCUT2D eigenvalue weighted by molar-refractivity contribution is -0.118. The quantitative estimate of drug-likeness (QED) is 0.769. The molecule has 1 aliphatic heterocycles. The highest BCUT2D eigenvalue weighted by Gasteiger charge is 2.14. The zero-order valence-electron chi connectivity index (χ0n) is 21.4. The van der Waals surface area contributed by atoms with Crippen LogP contribution in [-0.4, -0.2) is 58.6 Å². The number of carbonyl (C=O) groups is 1. The number of hydrogen-bond acceptors (Lipinski definition) is 6. The first-order chi connectivity index (χ1) is 15.7. The molecule has 7 heteroatoms. The summed E-state index contributed by atoms with van der Waals surface area (Å²) in [4.78, 5) is 16.9. The molecular weight excluding hydrogens is 330 g/mol. The Hall–Kier alpha value is -2.90. The van der Waals surface area contributed by atoms with Gasteiger partial charge in [0, 0.05) is 41.8 Å². The molecule has 0 aliphatic carbocycles. The van der Waals surface area contributed by atoms with E-state index in [0.29, 0.717) is 10.9 Å². The maximum Gasteiger partial charge on any atom is 0.239 e. The van der Waals surface area contributed by atoms with Crippen molar-refractivity contribution in [3.05, 3.63) is 48.8 Å². The molecule has 0 spiro atoms. The van der Waals surface area contributed by atoms with Gasteiger partial charge in [0.1, 0.15) is 0 Å². The molecule has 3 heterocycles. The number of carbonyl (C=O) groups excluding carboxylic acids is 1. The zero-order valence-corrected chi connectivity index (χ0v) is 13.4. The smallest absolute Gasteiger partial charge is 0.239 e. The van der Waals surface area contributed by atoms with Gasteiger partial charge in [-0.05, 0) is 29.8 Å². The molecule has 2 aromatic heterocycles. The lowest BCUT2D eigenvalue weighted by Crippen LogP contribution is -2.41. The maximum absolute atomic E-state index is 12.7. The van der Waals surface area contributed by atoms with E-state index >= 15 is 0 Å². The average Bonchev–Trinajstić information content (AvgIpc) is 2.75. The van der Waals surface area contributed by atoms with Crippen LogP contribution in [0.3, 0.4) is 0 Å². The summed E-state index contributed by atoms with van der Waals surface area (Å²) in [6.45, 7) is -13.8. The summed E-state index contributed by atoms with van der Waals surface area (Å²) < 4.78 is 67.1. The summed E-state index contributed by atoms with van der Waals surface area (Å²) in [6.07, 6.45) is 3.35. The fourth-order valence-corrected chi connectivity index (χ4v) is 2.43. The SMILES string of the molecule is [2H]C1([2H])OC([2H])([2H])C([2H])([2H])N(CC(=O)Nc2cc3cc(-c4cccnc4)ccc3nn2)C1([2H])[2H]. The minimum atomic E-state index is -3.23. The van der Waals surface area contributed by atoms with Crippen LogP contribution in [0.5, 0.6) is 0 Å². The number of amides is 1. The number of pyridine rings is 1. The fraction of sp³-hybridized carbons (Fsp3) is 0.263. The number of morpholine rings is 1. The van der Waals surface area contributed by atoms with E-state index in [9.17, 15) is 4.79 Å². The second kappa shape index (κ2) is 7.55. The van der Waals surface area contributed by atoms with E-state index in [1.807, 2.05) is 18.2 Å². The van der Waals surface area contributed by atoms with Crippen LogP contribution in [0, 0.1) is 0 Å². The van der Waals surface area contributed by atoms with E-state index in [1.54, 1.807) is 24.5 Å². The van der Waals surface area contributed by atoms with E-state index in [2.05, 4.69) is 25.2 Å². The minimum absolute atomic E-state index is 0.00115. The van der Waals surface area contributed by atoms with Gasteiger partial charge in [0.15, 0.2) is 5.82 Å². The second-order valence-electron chi connectivity index (χ2n) is 5.41. The van der Waals surface area contributed by atoms with Crippen LogP contribution in [0.15, 0.2) is 48.8 Å². The molecule has 0 unspecified atom stereocenters. The molecule has 0 bridgehead atoms. The van der Waals surface area contributed by atoms with Gasteiger partial charge in [0.25, 0.3) is 0 Å². The molecule has 1 saturated heterocycles. The summed E-state index contributed by atoms with van der Waals surface area (Å²) in [6, 6.07) is 10.6. The molecule has 4 rings (SSSR count). The summed E-state index contributed by atoms with van der Waals surface area (Å²) in [5.74, 6) is -0.945. The van der Waals surface area contributed by atoms with Gasteiger partial charge in [-0.25, -0.2) is 0 Å². The fourth-order valence-electron chi connectivity index (χ4n) is 2.43. The predicted molar refractivity (Wildman–Crippen MR) is 98.7 cm³/mol. The Labute approximate surface area is 162 Å². The van der Waals surface area contributed by atoms with E-state index < -0.39 is 38.6 Å². The van der Waals surface area contributed by atoms with E-state index in [0.717, 1.165) is 11.1 Å². The third kappa shape index (κ3) is 3.84. The first-order valence-electron chi connectivity index (χ1n) is 11.7. The monoisotopic (exact) mass is 357 g/mol. The number of ether oxygens (including phenoxy) is 1. The van der Waals surface area contributed by atoms with Crippen molar-refractivity contribution in [2.45, 2.75) is 0 Å². The lowest BCUT2D eigenvalue weighted by Gasteiger charge is -2.25.